The van der Waals surface area contributed by atoms with E-state index in [1.54, 1.807) is 16.9 Å². The monoisotopic (exact) mass is 529 g/mol. The highest BCUT2D eigenvalue weighted by atomic mass is 35.5. The van der Waals surface area contributed by atoms with Gasteiger partial charge in [0.2, 0.25) is 0 Å². The van der Waals surface area contributed by atoms with Crippen molar-refractivity contribution in [3.63, 3.8) is 0 Å². The fraction of sp³-hybridized carbons (Fsp3) is 0.577. The van der Waals surface area contributed by atoms with E-state index in [2.05, 4.69) is 38.2 Å². The van der Waals surface area contributed by atoms with Gasteiger partial charge in [0.1, 0.15) is 18.0 Å². The SMILES string of the molecule is COC1CC(N2CCCC(C3CN(c4cc(N[C@H](C)c5ccc(Cl)cc5Cl)n5ncnc5n4)C3)C2)C1. The summed E-state index contributed by atoms with van der Waals surface area (Å²) in [6, 6.07) is 8.33. The molecule has 1 aliphatic carbocycles. The van der Waals surface area contributed by atoms with Gasteiger partial charge in [0.25, 0.3) is 5.78 Å². The second kappa shape index (κ2) is 9.97. The largest absolute Gasteiger partial charge is 0.381 e. The number of hydrogen-bond donors (Lipinski definition) is 1. The predicted octanol–water partition coefficient (Wildman–Crippen LogP) is 4.93. The lowest BCUT2D eigenvalue weighted by atomic mass is 9.78. The zero-order valence-corrected chi connectivity index (χ0v) is 22.3. The fourth-order valence-electron chi connectivity index (χ4n) is 6.00. The molecule has 1 N–H and O–H groups in total. The van der Waals surface area contributed by atoms with Gasteiger partial charge >= 0.3 is 0 Å². The normalized spacial score (nSPS) is 26.0. The summed E-state index contributed by atoms with van der Waals surface area (Å²) < 4.78 is 7.24. The molecule has 36 heavy (non-hydrogen) atoms. The molecule has 3 fully saturated rings. The van der Waals surface area contributed by atoms with Gasteiger partial charge in [-0.25, -0.2) is 0 Å². The summed E-state index contributed by atoms with van der Waals surface area (Å²) in [6.07, 6.45) is 7.03. The Bertz CT molecular complexity index is 1220. The average molecular weight is 531 g/mol. The molecule has 3 aromatic rings. The molecular formula is C26H33Cl2N7O. The number of aromatic nitrogens is 4. The zero-order chi connectivity index (χ0) is 24.8. The van der Waals surface area contributed by atoms with Crippen molar-refractivity contribution >= 4 is 40.6 Å². The number of nitrogens with zero attached hydrogens (tertiary/aromatic N) is 6. The van der Waals surface area contributed by atoms with E-state index in [-0.39, 0.29) is 6.04 Å². The van der Waals surface area contributed by atoms with Gasteiger partial charge in [-0.05, 0) is 68.7 Å². The minimum absolute atomic E-state index is 0.0426. The lowest BCUT2D eigenvalue weighted by molar-refractivity contribution is -0.0438. The standard InChI is InChI=1S/C26H33Cl2N7O/c1-16(22-6-5-19(27)8-23(22)28)31-25-11-24(32-26-29-15-30-35(25)26)34-13-18(14-34)17-4-3-7-33(12-17)20-9-21(10-20)36-2/h5-6,8,11,15-18,20-21,31H,3-4,7,9-10,12-14H2,1-2H3/t16-,17?,20?,21?/m1/s1. The van der Waals surface area contributed by atoms with Gasteiger partial charge in [0.05, 0.1) is 12.1 Å². The van der Waals surface area contributed by atoms with Gasteiger partial charge in [-0.1, -0.05) is 29.3 Å². The summed E-state index contributed by atoms with van der Waals surface area (Å²) in [5.41, 5.74) is 0.974. The van der Waals surface area contributed by atoms with E-state index in [9.17, 15) is 0 Å². The Labute approximate surface area is 221 Å². The Balaban J connectivity index is 1.13. The van der Waals surface area contributed by atoms with Gasteiger partial charge < -0.3 is 15.0 Å². The molecule has 0 amide bonds. The van der Waals surface area contributed by atoms with Crippen LogP contribution in [0.1, 0.15) is 44.2 Å². The fourth-order valence-corrected chi connectivity index (χ4v) is 6.57. The summed E-state index contributed by atoms with van der Waals surface area (Å²) in [5, 5.41) is 9.20. The maximum absolute atomic E-state index is 6.46. The number of rotatable bonds is 7. The van der Waals surface area contributed by atoms with Gasteiger partial charge in [0, 0.05) is 48.9 Å². The van der Waals surface area contributed by atoms with E-state index in [4.69, 9.17) is 32.9 Å². The predicted molar refractivity (Wildman–Crippen MR) is 143 cm³/mol. The van der Waals surface area contributed by atoms with Crippen molar-refractivity contribution < 1.29 is 4.74 Å². The number of likely N-dealkylation sites (tertiary alicyclic amines) is 1. The highest BCUT2D eigenvalue weighted by Crippen LogP contribution is 2.37. The van der Waals surface area contributed by atoms with E-state index < -0.39 is 0 Å². The number of nitrogens with one attached hydrogen (secondary N) is 1. The average Bonchev–Trinajstić information content (AvgIpc) is 3.27. The van der Waals surface area contributed by atoms with E-state index in [0.717, 1.165) is 42.2 Å². The molecule has 6 rings (SSSR count). The molecule has 1 saturated carbocycles. The molecule has 4 heterocycles. The van der Waals surface area contributed by atoms with Gasteiger partial charge in [0.15, 0.2) is 0 Å². The van der Waals surface area contributed by atoms with Crippen LogP contribution < -0.4 is 10.2 Å². The Morgan fingerprint density at radius 2 is 1.94 bits per heavy atom. The van der Waals surface area contributed by atoms with Crippen LogP contribution in [0, 0.1) is 11.8 Å². The summed E-state index contributed by atoms with van der Waals surface area (Å²) in [4.78, 5) is 14.3. The topological polar surface area (TPSA) is 70.8 Å². The maximum atomic E-state index is 6.46. The highest BCUT2D eigenvalue weighted by Gasteiger charge is 2.40. The third kappa shape index (κ3) is 4.64. The molecule has 2 saturated heterocycles. The van der Waals surface area contributed by atoms with Crippen molar-refractivity contribution in [3.8, 4) is 0 Å². The molecule has 8 nitrogen and oxygen atoms in total. The molecule has 3 aliphatic rings. The molecule has 0 spiro atoms. The van der Waals surface area contributed by atoms with Crippen molar-refractivity contribution in [2.24, 2.45) is 11.8 Å². The smallest absolute Gasteiger partial charge is 0.256 e. The number of piperidine rings is 1. The van der Waals surface area contributed by atoms with Crippen LogP contribution in [0.3, 0.4) is 0 Å². The van der Waals surface area contributed by atoms with Crippen LogP contribution >= 0.6 is 23.2 Å². The first-order valence-corrected chi connectivity index (χ1v) is 13.7. The first-order valence-electron chi connectivity index (χ1n) is 12.9. The second-order valence-corrected chi connectivity index (χ2v) is 11.4. The van der Waals surface area contributed by atoms with Crippen molar-refractivity contribution in [1.82, 2.24) is 24.5 Å². The van der Waals surface area contributed by atoms with Crippen LogP contribution in [0.2, 0.25) is 10.0 Å². The van der Waals surface area contributed by atoms with E-state index in [0.29, 0.717) is 27.8 Å². The van der Waals surface area contributed by atoms with Crippen LogP contribution in [0.25, 0.3) is 5.78 Å². The molecular weight excluding hydrogens is 497 g/mol. The number of halogens is 2. The first-order chi connectivity index (χ1) is 17.5. The minimum atomic E-state index is -0.0426. The minimum Gasteiger partial charge on any atom is -0.381 e. The Kier molecular flexibility index (Phi) is 6.71. The summed E-state index contributed by atoms with van der Waals surface area (Å²) >= 11 is 12.5. The summed E-state index contributed by atoms with van der Waals surface area (Å²) in [5.74, 6) is 3.85. The molecule has 1 unspecified atom stereocenters. The van der Waals surface area contributed by atoms with Gasteiger partial charge in [-0.3, -0.25) is 4.90 Å². The molecule has 2 aromatic heterocycles. The molecule has 2 aliphatic heterocycles. The van der Waals surface area contributed by atoms with Crippen LogP contribution in [-0.4, -0.2) is 69.9 Å². The first kappa shape index (κ1) is 24.2. The van der Waals surface area contributed by atoms with Crippen LogP contribution in [-0.2, 0) is 4.74 Å². The van der Waals surface area contributed by atoms with Crippen molar-refractivity contribution in [1.29, 1.82) is 0 Å². The van der Waals surface area contributed by atoms with Crippen molar-refractivity contribution in [2.75, 3.05) is 43.5 Å². The third-order valence-corrected chi connectivity index (χ3v) is 8.90. The zero-order valence-electron chi connectivity index (χ0n) is 20.8. The number of methoxy groups -OCH3 is 1. The number of hydrogen-bond acceptors (Lipinski definition) is 7. The summed E-state index contributed by atoms with van der Waals surface area (Å²) in [6.45, 7) is 6.62. The third-order valence-electron chi connectivity index (χ3n) is 8.34. The molecule has 192 valence electrons. The number of anilines is 2. The van der Waals surface area contributed by atoms with Crippen molar-refractivity contribution in [3.05, 3.63) is 46.2 Å². The highest BCUT2D eigenvalue weighted by molar-refractivity contribution is 6.35. The van der Waals surface area contributed by atoms with Crippen molar-refractivity contribution in [2.45, 2.75) is 50.8 Å². The lowest BCUT2D eigenvalue weighted by Crippen LogP contribution is -2.57. The lowest BCUT2D eigenvalue weighted by Gasteiger charge is -2.50. The molecule has 10 heteroatoms. The van der Waals surface area contributed by atoms with E-state index in [1.165, 1.54) is 38.8 Å². The van der Waals surface area contributed by atoms with Crippen LogP contribution in [0.5, 0.6) is 0 Å². The van der Waals surface area contributed by atoms with Crippen LogP contribution in [0.4, 0.5) is 11.6 Å². The molecule has 0 radical (unpaired) electrons. The second-order valence-electron chi connectivity index (χ2n) is 10.5. The van der Waals surface area contributed by atoms with Gasteiger partial charge in [-0.2, -0.15) is 19.6 Å². The molecule has 1 aromatic carbocycles. The summed E-state index contributed by atoms with van der Waals surface area (Å²) in [7, 11) is 1.84. The quantitative estimate of drug-likeness (QED) is 0.465. The number of ether oxygens (including phenoxy) is 1. The van der Waals surface area contributed by atoms with Gasteiger partial charge in [-0.15, -0.1) is 0 Å². The maximum Gasteiger partial charge on any atom is 0.256 e. The Morgan fingerprint density at radius 3 is 2.72 bits per heavy atom. The van der Waals surface area contributed by atoms with E-state index >= 15 is 0 Å². The molecule has 0 bridgehead atoms. The Hall–Kier alpha value is -2.13. The number of fused-ring (bicyclic) bond motifs is 1. The number of benzene rings is 1. The van der Waals surface area contributed by atoms with Crippen LogP contribution in [0.15, 0.2) is 30.6 Å². The van der Waals surface area contributed by atoms with E-state index in [1.807, 2.05) is 19.2 Å². The Morgan fingerprint density at radius 1 is 1.11 bits per heavy atom. The molecule has 2 atom stereocenters.